The molecule has 6 nitrogen and oxygen atoms in total. The normalized spacial score (nSPS) is 14.7. The van der Waals surface area contributed by atoms with Crippen LogP contribution in [0.4, 0.5) is 0 Å². The fraction of sp³-hybridized carbons (Fsp3) is 0.133. The van der Waals surface area contributed by atoms with E-state index in [0.29, 0.717) is 5.82 Å². The van der Waals surface area contributed by atoms with E-state index in [0.717, 1.165) is 57.6 Å². The molecule has 1 aliphatic carbocycles. The first-order valence-corrected chi connectivity index (χ1v) is 12.3. The molecule has 2 aromatic carbocycles. The lowest BCUT2D eigenvalue weighted by molar-refractivity contribution is 0.253. The van der Waals surface area contributed by atoms with Gasteiger partial charge in [0.05, 0.1) is 16.7 Å². The van der Waals surface area contributed by atoms with Crippen molar-refractivity contribution >= 4 is 16.7 Å². The first-order valence-electron chi connectivity index (χ1n) is 12.3. The Hall–Kier alpha value is -4.42. The maximum absolute atomic E-state index is 6.58. The number of hydrogen-bond acceptors (Lipinski definition) is 5. The van der Waals surface area contributed by atoms with Crippen molar-refractivity contribution in [3.63, 3.8) is 0 Å². The Morgan fingerprint density at radius 1 is 0.778 bits per heavy atom. The van der Waals surface area contributed by atoms with E-state index in [2.05, 4.69) is 69.8 Å². The molecule has 0 amide bonds. The van der Waals surface area contributed by atoms with Crippen LogP contribution in [0, 0.1) is 0 Å². The summed E-state index contributed by atoms with van der Waals surface area (Å²) in [6.45, 7) is 0. The molecule has 2 N–H and O–H groups in total. The van der Waals surface area contributed by atoms with Gasteiger partial charge in [0.15, 0.2) is 11.5 Å². The Morgan fingerprint density at radius 3 is 2.31 bits per heavy atom. The summed E-state index contributed by atoms with van der Waals surface area (Å²) in [5.41, 5.74) is 15.1. The third kappa shape index (κ3) is 3.30. The molecule has 0 aliphatic heterocycles. The fourth-order valence-electron chi connectivity index (χ4n) is 5.14. The summed E-state index contributed by atoms with van der Waals surface area (Å²) in [5, 5.41) is 8.86. The Bertz CT molecular complexity index is 1700. The second kappa shape index (κ2) is 8.07. The van der Waals surface area contributed by atoms with E-state index < -0.39 is 0 Å². The fourth-order valence-corrected chi connectivity index (χ4v) is 5.14. The van der Waals surface area contributed by atoms with Gasteiger partial charge in [0.25, 0.3) is 0 Å². The van der Waals surface area contributed by atoms with Crippen LogP contribution in [0.25, 0.3) is 50.6 Å². The lowest BCUT2D eigenvalue weighted by Gasteiger charge is -2.38. The summed E-state index contributed by atoms with van der Waals surface area (Å²) < 4.78 is 2.04. The molecule has 4 heterocycles. The monoisotopic (exact) mass is 468 g/mol. The highest BCUT2D eigenvalue weighted by Crippen LogP contribution is 2.40. The van der Waals surface area contributed by atoms with Gasteiger partial charge in [0.2, 0.25) is 0 Å². The number of hydrogen-bond donors (Lipinski definition) is 1. The number of pyridine rings is 3. The molecule has 1 saturated carbocycles. The molecule has 0 spiro atoms. The number of rotatable bonds is 4. The highest BCUT2D eigenvalue weighted by Gasteiger charge is 2.34. The summed E-state index contributed by atoms with van der Waals surface area (Å²) in [7, 11) is 0. The third-order valence-corrected chi connectivity index (χ3v) is 7.31. The molecule has 0 atom stereocenters. The largest absolute Gasteiger partial charge is 0.321 e. The third-order valence-electron chi connectivity index (χ3n) is 7.31. The SMILES string of the molecule is NC1(c2ccc(-c3nc4ccc5nnc(-c6ccccn6)n5c4cc3-c3ccccc3)cc2)CCC1. The maximum atomic E-state index is 6.58. The molecular weight excluding hydrogens is 444 g/mol. The number of nitrogens with two attached hydrogens (primary N) is 1. The molecule has 0 unspecified atom stereocenters. The van der Waals surface area contributed by atoms with Crippen LogP contribution in [-0.2, 0) is 5.54 Å². The molecule has 1 fully saturated rings. The van der Waals surface area contributed by atoms with Gasteiger partial charge in [0.1, 0.15) is 5.69 Å². The van der Waals surface area contributed by atoms with E-state index in [9.17, 15) is 0 Å². The minimum atomic E-state index is -0.181. The zero-order valence-corrected chi connectivity index (χ0v) is 19.7. The van der Waals surface area contributed by atoms with Gasteiger partial charge < -0.3 is 5.73 Å². The first-order chi connectivity index (χ1) is 17.7. The summed E-state index contributed by atoms with van der Waals surface area (Å²) in [4.78, 5) is 9.69. The van der Waals surface area contributed by atoms with Crippen molar-refractivity contribution in [3.8, 4) is 33.9 Å². The highest BCUT2D eigenvalue weighted by atomic mass is 15.3. The minimum Gasteiger partial charge on any atom is -0.321 e. The van der Waals surface area contributed by atoms with Crippen LogP contribution in [0.15, 0.2) is 97.2 Å². The van der Waals surface area contributed by atoms with Crippen LogP contribution < -0.4 is 5.73 Å². The van der Waals surface area contributed by atoms with Gasteiger partial charge in [-0.1, -0.05) is 60.7 Å². The van der Waals surface area contributed by atoms with E-state index in [1.165, 1.54) is 12.0 Å². The van der Waals surface area contributed by atoms with Gasteiger partial charge in [0, 0.05) is 22.9 Å². The Balaban J connectivity index is 1.47. The van der Waals surface area contributed by atoms with Crippen LogP contribution in [0.3, 0.4) is 0 Å². The molecule has 6 heteroatoms. The predicted molar refractivity (Wildman–Crippen MR) is 142 cm³/mol. The van der Waals surface area contributed by atoms with Crippen LogP contribution in [0.5, 0.6) is 0 Å². The quantitative estimate of drug-likeness (QED) is 0.343. The Kier molecular flexibility index (Phi) is 4.69. The lowest BCUT2D eigenvalue weighted by Crippen LogP contribution is -2.43. The maximum Gasteiger partial charge on any atom is 0.187 e. The van der Waals surface area contributed by atoms with Crippen molar-refractivity contribution in [2.75, 3.05) is 0 Å². The van der Waals surface area contributed by atoms with Crippen molar-refractivity contribution in [2.45, 2.75) is 24.8 Å². The average molecular weight is 469 g/mol. The standard InChI is InChI=1S/C30H24N6/c31-30(16-6-17-30)22-12-10-21(11-13-22)28-23(20-7-2-1-3-8-20)19-26-24(33-28)14-15-27-34-35-29(36(26)27)25-9-4-5-18-32-25/h1-5,7-15,18-19H,6,16-17,31H2. The van der Waals surface area contributed by atoms with E-state index in [1.54, 1.807) is 6.20 Å². The molecule has 36 heavy (non-hydrogen) atoms. The predicted octanol–water partition coefficient (Wildman–Crippen LogP) is 6.01. The molecule has 0 radical (unpaired) electrons. The number of aromatic nitrogens is 5. The van der Waals surface area contributed by atoms with Crippen LogP contribution >= 0.6 is 0 Å². The molecule has 1 aliphatic rings. The van der Waals surface area contributed by atoms with Gasteiger partial charge in [-0.25, -0.2) is 4.98 Å². The zero-order valence-electron chi connectivity index (χ0n) is 19.7. The van der Waals surface area contributed by atoms with Gasteiger partial charge in [-0.3, -0.25) is 9.38 Å². The summed E-state index contributed by atoms with van der Waals surface area (Å²) in [5.74, 6) is 0.697. The summed E-state index contributed by atoms with van der Waals surface area (Å²) in [6, 6.07) is 31.0. The number of fused-ring (bicyclic) bond motifs is 3. The number of benzene rings is 2. The Morgan fingerprint density at radius 2 is 1.58 bits per heavy atom. The van der Waals surface area contributed by atoms with E-state index >= 15 is 0 Å². The average Bonchev–Trinajstić information content (AvgIpc) is 3.37. The second-order valence-electron chi connectivity index (χ2n) is 9.51. The summed E-state index contributed by atoms with van der Waals surface area (Å²) in [6.07, 6.45) is 5.06. The molecular formula is C30H24N6. The number of nitrogens with zero attached hydrogens (tertiary/aromatic N) is 5. The smallest absolute Gasteiger partial charge is 0.187 e. The minimum absolute atomic E-state index is 0.181. The van der Waals surface area contributed by atoms with Crippen LogP contribution in [-0.4, -0.2) is 24.6 Å². The molecule has 0 bridgehead atoms. The second-order valence-corrected chi connectivity index (χ2v) is 9.51. The topological polar surface area (TPSA) is 82.0 Å². The van der Waals surface area contributed by atoms with Gasteiger partial charge >= 0.3 is 0 Å². The van der Waals surface area contributed by atoms with E-state index in [4.69, 9.17) is 10.7 Å². The summed E-state index contributed by atoms with van der Waals surface area (Å²) >= 11 is 0. The molecule has 174 valence electrons. The van der Waals surface area contributed by atoms with Gasteiger partial charge in [-0.2, -0.15) is 0 Å². The van der Waals surface area contributed by atoms with Crippen LogP contribution in [0.1, 0.15) is 24.8 Å². The van der Waals surface area contributed by atoms with Crippen LogP contribution in [0.2, 0.25) is 0 Å². The molecule has 7 rings (SSSR count). The van der Waals surface area contributed by atoms with E-state index in [1.807, 2.05) is 40.8 Å². The molecule has 4 aromatic heterocycles. The molecule has 6 aromatic rings. The van der Waals surface area contributed by atoms with Crippen molar-refractivity contribution in [2.24, 2.45) is 5.73 Å². The highest BCUT2D eigenvalue weighted by molar-refractivity contribution is 5.91. The van der Waals surface area contributed by atoms with Gasteiger partial charge in [-0.05, 0) is 60.7 Å². The van der Waals surface area contributed by atoms with Crippen molar-refractivity contribution in [1.82, 2.24) is 24.6 Å². The van der Waals surface area contributed by atoms with Crippen molar-refractivity contribution in [3.05, 3.63) is 103 Å². The zero-order chi connectivity index (χ0) is 24.1. The van der Waals surface area contributed by atoms with Gasteiger partial charge in [-0.15, -0.1) is 10.2 Å². The first kappa shape index (κ1) is 20.9. The van der Waals surface area contributed by atoms with E-state index in [-0.39, 0.29) is 5.54 Å². The lowest BCUT2D eigenvalue weighted by atomic mass is 9.72. The molecule has 0 saturated heterocycles. The van der Waals surface area contributed by atoms with Crippen molar-refractivity contribution in [1.29, 1.82) is 0 Å². The Labute approximate surface area is 208 Å². The van der Waals surface area contributed by atoms with Crippen molar-refractivity contribution < 1.29 is 0 Å².